The van der Waals surface area contributed by atoms with Gasteiger partial charge in [0.05, 0.1) is 12.3 Å². The van der Waals surface area contributed by atoms with Crippen molar-refractivity contribution in [2.45, 2.75) is 26.9 Å². The first-order chi connectivity index (χ1) is 12.2. The molecule has 3 rings (SSSR count). The van der Waals surface area contributed by atoms with Crippen molar-refractivity contribution in [3.63, 3.8) is 0 Å². The van der Waals surface area contributed by atoms with E-state index in [2.05, 4.69) is 21.9 Å². The molecule has 0 saturated carbocycles. The molecule has 5 nitrogen and oxygen atoms in total. The second kappa shape index (κ2) is 8.21. The lowest BCUT2D eigenvalue weighted by Crippen LogP contribution is -2.46. The van der Waals surface area contributed by atoms with Crippen LogP contribution in [0.3, 0.4) is 0 Å². The number of anilines is 1. The molecule has 0 amide bonds. The van der Waals surface area contributed by atoms with Crippen LogP contribution in [-0.2, 0) is 13.1 Å². The van der Waals surface area contributed by atoms with Gasteiger partial charge in [-0.25, -0.2) is 0 Å². The van der Waals surface area contributed by atoms with E-state index in [0.29, 0.717) is 13.2 Å². The Morgan fingerprint density at radius 3 is 2.48 bits per heavy atom. The van der Waals surface area contributed by atoms with E-state index in [1.807, 2.05) is 38.2 Å². The Morgan fingerprint density at radius 1 is 1.00 bits per heavy atom. The smallest absolute Gasteiger partial charge is 0.250 e. The molecule has 2 heterocycles. The van der Waals surface area contributed by atoms with Gasteiger partial charge in [0.2, 0.25) is 0 Å². The van der Waals surface area contributed by atoms with Crippen molar-refractivity contribution in [3.8, 4) is 5.75 Å². The first-order valence-corrected chi connectivity index (χ1v) is 9.09. The summed E-state index contributed by atoms with van der Waals surface area (Å²) in [6.45, 7) is 10.3. The lowest BCUT2D eigenvalue weighted by atomic mass is 10.2. The molecular weight excluding hydrogens is 314 g/mol. The van der Waals surface area contributed by atoms with E-state index in [4.69, 9.17) is 4.74 Å². The summed E-state index contributed by atoms with van der Waals surface area (Å²) in [5.41, 5.74) is 2.46. The average molecular weight is 341 g/mol. The summed E-state index contributed by atoms with van der Waals surface area (Å²) in [5.74, 6) is 0.966. The van der Waals surface area contributed by atoms with Crippen LogP contribution in [0.4, 0.5) is 5.69 Å². The van der Waals surface area contributed by atoms with Gasteiger partial charge in [0.15, 0.2) is 0 Å². The van der Waals surface area contributed by atoms with E-state index in [1.54, 1.807) is 10.6 Å². The Labute approximate surface area is 149 Å². The fourth-order valence-electron chi connectivity index (χ4n) is 3.32. The number of hydrogen-bond acceptors (Lipinski definition) is 4. The number of rotatable bonds is 6. The largest absolute Gasteiger partial charge is 0.492 e. The summed E-state index contributed by atoms with van der Waals surface area (Å²) in [6, 6.07) is 11.9. The Hall–Kier alpha value is -2.27. The lowest BCUT2D eigenvalue weighted by Gasteiger charge is -2.36. The topological polar surface area (TPSA) is 37.7 Å². The minimum atomic E-state index is 0.0728. The number of aromatic nitrogens is 1. The van der Waals surface area contributed by atoms with E-state index in [0.717, 1.165) is 38.5 Å². The molecule has 134 valence electrons. The van der Waals surface area contributed by atoms with Crippen LogP contribution in [0.1, 0.15) is 19.4 Å². The molecular formula is C20H27N3O2. The maximum Gasteiger partial charge on any atom is 0.250 e. The molecule has 1 aliphatic heterocycles. The standard InChI is InChI=1S/C20H27N3O2/c1-3-22-16-17(9-10-20(22)24)15-21-11-13-23(14-12-21)18-7-5-6-8-19(18)25-4-2/h5-10,16H,3-4,11-15H2,1-2H3. The third kappa shape index (κ3) is 4.23. The second-order valence-electron chi connectivity index (χ2n) is 6.33. The highest BCUT2D eigenvalue weighted by atomic mass is 16.5. The van der Waals surface area contributed by atoms with Gasteiger partial charge in [0, 0.05) is 51.5 Å². The predicted molar refractivity (Wildman–Crippen MR) is 101 cm³/mol. The van der Waals surface area contributed by atoms with E-state index < -0.39 is 0 Å². The summed E-state index contributed by atoms with van der Waals surface area (Å²) in [7, 11) is 0. The van der Waals surface area contributed by atoms with Crippen LogP contribution in [0.15, 0.2) is 47.4 Å². The van der Waals surface area contributed by atoms with Crippen LogP contribution in [-0.4, -0.2) is 42.3 Å². The highest BCUT2D eigenvalue weighted by molar-refractivity contribution is 5.58. The SMILES string of the molecule is CCOc1ccccc1N1CCN(Cc2ccc(=O)n(CC)c2)CC1. The summed E-state index contributed by atoms with van der Waals surface area (Å²) < 4.78 is 7.53. The zero-order chi connectivity index (χ0) is 17.6. The monoisotopic (exact) mass is 341 g/mol. The molecule has 5 heteroatoms. The fraction of sp³-hybridized carbons (Fsp3) is 0.450. The quantitative estimate of drug-likeness (QED) is 0.809. The first-order valence-electron chi connectivity index (χ1n) is 9.09. The molecule has 0 N–H and O–H groups in total. The van der Waals surface area contributed by atoms with Crippen molar-refractivity contribution in [3.05, 3.63) is 58.5 Å². The Morgan fingerprint density at radius 2 is 1.76 bits per heavy atom. The average Bonchev–Trinajstić information content (AvgIpc) is 2.65. The summed E-state index contributed by atoms with van der Waals surface area (Å²) in [6.07, 6.45) is 1.99. The van der Waals surface area contributed by atoms with Crippen LogP contribution in [0.25, 0.3) is 0 Å². The van der Waals surface area contributed by atoms with Crippen molar-refractivity contribution >= 4 is 5.69 Å². The van der Waals surface area contributed by atoms with Gasteiger partial charge < -0.3 is 14.2 Å². The van der Waals surface area contributed by atoms with Gasteiger partial charge in [0.1, 0.15) is 5.75 Å². The highest BCUT2D eigenvalue weighted by Gasteiger charge is 2.19. The van der Waals surface area contributed by atoms with Gasteiger partial charge in [0.25, 0.3) is 5.56 Å². The van der Waals surface area contributed by atoms with Crippen molar-refractivity contribution in [1.29, 1.82) is 0 Å². The maximum atomic E-state index is 11.7. The first kappa shape index (κ1) is 17.5. The molecule has 0 aliphatic carbocycles. The molecule has 1 aromatic heterocycles. The van der Waals surface area contributed by atoms with Gasteiger partial charge in [-0.3, -0.25) is 9.69 Å². The third-order valence-corrected chi connectivity index (χ3v) is 4.67. The van der Waals surface area contributed by atoms with Crippen LogP contribution < -0.4 is 15.2 Å². The van der Waals surface area contributed by atoms with Crippen LogP contribution in [0.5, 0.6) is 5.75 Å². The van der Waals surface area contributed by atoms with Crippen LogP contribution in [0.2, 0.25) is 0 Å². The summed E-state index contributed by atoms with van der Waals surface area (Å²) in [4.78, 5) is 16.6. The summed E-state index contributed by atoms with van der Waals surface area (Å²) >= 11 is 0. The van der Waals surface area contributed by atoms with E-state index in [9.17, 15) is 4.79 Å². The summed E-state index contributed by atoms with van der Waals surface area (Å²) in [5, 5.41) is 0. The lowest BCUT2D eigenvalue weighted by molar-refractivity contribution is 0.248. The van der Waals surface area contributed by atoms with Gasteiger partial charge >= 0.3 is 0 Å². The molecule has 0 unspecified atom stereocenters. The van der Waals surface area contributed by atoms with Crippen molar-refractivity contribution in [1.82, 2.24) is 9.47 Å². The maximum absolute atomic E-state index is 11.7. The minimum absolute atomic E-state index is 0.0728. The van der Waals surface area contributed by atoms with E-state index >= 15 is 0 Å². The van der Waals surface area contributed by atoms with Gasteiger partial charge in [-0.05, 0) is 31.5 Å². The Balaban J connectivity index is 1.62. The Kier molecular flexibility index (Phi) is 5.76. The van der Waals surface area contributed by atoms with Crippen LogP contribution in [0, 0.1) is 0 Å². The molecule has 1 aromatic carbocycles. The number of aryl methyl sites for hydroxylation is 1. The zero-order valence-corrected chi connectivity index (χ0v) is 15.1. The number of ether oxygens (including phenoxy) is 1. The molecule has 25 heavy (non-hydrogen) atoms. The molecule has 1 fully saturated rings. The number of pyridine rings is 1. The molecule has 0 atom stereocenters. The molecule has 0 spiro atoms. The van der Waals surface area contributed by atoms with E-state index in [-0.39, 0.29) is 5.56 Å². The van der Waals surface area contributed by atoms with E-state index in [1.165, 1.54) is 11.3 Å². The number of piperazine rings is 1. The second-order valence-corrected chi connectivity index (χ2v) is 6.33. The van der Waals surface area contributed by atoms with Gasteiger partial charge in [-0.2, -0.15) is 0 Å². The normalized spacial score (nSPS) is 15.4. The zero-order valence-electron chi connectivity index (χ0n) is 15.1. The highest BCUT2D eigenvalue weighted by Crippen LogP contribution is 2.28. The molecule has 1 saturated heterocycles. The fourth-order valence-corrected chi connectivity index (χ4v) is 3.32. The van der Waals surface area contributed by atoms with Gasteiger partial charge in [-0.15, -0.1) is 0 Å². The predicted octanol–water partition coefficient (Wildman–Crippen LogP) is 2.59. The molecule has 0 bridgehead atoms. The van der Waals surface area contributed by atoms with Crippen LogP contribution >= 0.6 is 0 Å². The number of nitrogens with zero attached hydrogens (tertiary/aromatic N) is 3. The molecule has 1 aliphatic rings. The van der Waals surface area contributed by atoms with Crippen molar-refractivity contribution in [2.75, 3.05) is 37.7 Å². The van der Waals surface area contributed by atoms with Crippen molar-refractivity contribution < 1.29 is 4.74 Å². The third-order valence-electron chi connectivity index (χ3n) is 4.67. The minimum Gasteiger partial charge on any atom is -0.492 e. The molecule has 0 radical (unpaired) electrons. The van der Waals surface area contributed by atoms with Crippen molar-refractivity contribution in [2.24, 2.45) is 0 Å². The van der Waals surface area contributed by atoms with Gasteiger partial charge in [-0.1, -0.05) is 18.2 Å². The molecule has 2 aromatic rings. The number of para-hydroxylation sites is 2. The number of benzene rings is 1. The number of hydrogen-bond donors (Lipinski definition) is 0. The Bertz CT molecular complexity index is 749.